The van der Waals surface area contributed by atoms with E-state index in [2.05, 4.69) is 50.5 Å². The van der Waals surface area contributed by atoms with Crippen LogP contribution in [0.4, 0.5) is 8.78 Å². The molecule has 0 saturated heterocycles. The fraction of sp³-hybridized carbons (Fsp3) is 0.0909. The van der Waals surface area contributed by atoms with Crippen LogP contribution in [0.3, 0.4) is 0 Å². The number of hydrogen-bond donors (Lipinski definition) is 0. The van der Waals surface area contributed by atoms with E-state index in [9.17, 15) is 14.0 Å². The van der Waals surface area contributed by atoms with Crippen LogP contribution >= 0.6 is 0 Å². The third-order valence-electron chi connectivity index (χ3n) is 8.45. The maximum absolute atomic E-state index is 14.9. The van der Waals surface area contributed by atoms with Crippen molar-refractivity contribution in [3.05, 3.63) is 89.1 Å². The highest BCUT2D eigenvalue weighted by molar-refractivity contribution is 6.31. The Hall–Kier alpha value is -5.42. The molecular weight excluding hydrogens is 522 g/mol. The molecule has 0 unspecified atom stereocenters. The van der Waals surface area contributed by atoms with Gasteiger partial charge in [-0.05, 0) is 49.2 Å². The minimum Gasteiger partial charge on any atom is -0.449 e. The second kappa shape index (κ2) is 7.40. The Morgan fingerprint density at radius 2 is 1.29 bits per heavy atom. The molecule has 9 rings (SSSR count). The van der Waals surface area contributed by atoms with E-state index in [0.717, 1.165) is 65.5 Å². The quantitative estimate of drug-likeness (QED) is 0.180. The highest BCUT2D eigenvalue weighted by atomic mass is 19.2. The Kier molecular flexibility index (Phi) is 4.04. The number of para-hydroxylation sites is 2. The first-order chi connectivity index (χ1) is 20.0. The molecule has 0 aliphatic carbocycles. The van der Waals surface area contributed by atoms with Crippen molar-refractivity contribution in [1.29, 1.82) is 5.26 Å². The molecule has 5 heterocycles. The van der Waals surface area contributed by atoms with Crippen LogP contribution in [0.5, 0.6) is 0 Å². The predicted molar refractivity (Wildman–Crippen MR) is 154 cm³/mol. The van der Waals surface area contributed by atoms with E-state index in [-0.39, 0.29) is 11.3 Å². The maximum atomic E-state index is 14.9. The fourth-order valence-corrected chi connectivity index (χ4v) is 6.79. The average Bonchev–Trinajstić information content (AvgIpc) is 3.37. The van der Waals surface area contributed by atoms with Crippen LogP contribution in [-0.2, 0) is 6.67 Å². The minimum atomic E-state index is -1.42. The van der Waals surface area contributed by atoms with Crippen LogP contribution < -0.4 is 0 Å². The summed E-state index contributed by atoms with van der Waals surface area (Å²) in [6.45, 7) is 4.38. The smallest absolute Gasteiger partial charge is 0.267 e. The zero-order valence-electron chi connectivity index (χ0n) is 21.8. The van der Waals surface area contributed by atoms with E-state index in [1.807, 2.05) is 38.1 Å². The monoisotopic (exact) mass is 540 g/mol. The second-order valence-corrected chi connectivity index (χ2v) is 10.7. The number of nitrogens with zero attached hydrogens (tertiary/aromatic N) is 4. The normalized spacial score (nSPS) is 12.8. The van der Waals surface area contributed by atoms with Crippen molar-refractivity contribution >= 4 is 76.8 Å². The van der Waals surface area contributed by atoms with Gasteiger partial charge in [-0.15, -0.1) is 0 Å². The zero-order chi connectivity index (χ0) is 27.7. The summed E-state index contributed by atoms with van der Waals surface area (Å²) in [5.41, 5.74) is 5.35. The van der Waals surface area contributed by atoms with Gasteiger partial charge in [-0.3, -0.25) is 0 Å². The van der Waals surface area contributed by atoms with Crippen LogP contribution in [0.1, 0.15) is 16.7 Å². The van der Waals surface area contributed by atoms with Crippen molar-refractivity contribution in [1.82, 2.24) is 14.1 Å². The molecular formula is C33H18F2N4O2. The molecule has 0 spiro atoms. The molecule has 41 heavy (non-hydrogen) atoms. The summed E-state index contributed by atoms with van der Waals surface area (Å²) in [5, 5.41) is 15.7. The van der Waals surface area contributed by atoms with E-state index < -0.39 is 17.3 Å². The summed E-state index contributed by atoms with van der Waals surface area (Å²) in [7, 11) is 0. The Morgan fingerprint density at radius 1 is 0.756 bits per heavy atom. The lowest BCUT2D eigenvalue weighted by molar-refractivity contribution is 0.468. The molecule has 1 aliphatic rings. The zero-order valence-corrected chi connectivity index (χ0v) is 21.8. The number of halogens is 2. The van der Waals surface area contributed by atoms with E-state index >= 15 is 0 Å². The van der Waals surface area contributed by atoms with Crippen molar-refractivity contribution in [2.75, 3.05) is 0 Å². The van der Waals surface area contributed by atoms with E-state index in [1.54, 1.807) is 6.07 Å². The molecule has 8 heteroatoms. The summed E-state index contributed by atoms with van der Waals surface area (Å²) in [4.78, 5) is 3.77. The molecule has 6 nitrogen and oxygen atoms in total. The van der Waals surface area contributed by atoms with E-state index in [4.69, 9.17) is 8.83 Å². The Bertz CT molecular complexity index is 2630. The van der Waals surface area contributed by atoms with Gasteiger partial charge in [0.2, 0.25) is 5.58 Å². The number of benzene rings is 4. The Morgan fingerprint density at radius 3 is 1.85 bits per heavy atom. The van der Waals surface area contributed by atoms with Crippen molar-refractivity contribution < 1.29 is 17.6 Å². The van der Waals surface area contributed by atoms with Gasteiger partial charge in [0.25, 0.3) is 11.7 Å². The molecule has 0 saturated carbocycles. The van der Waals surface area contributed by atoms with Gasteiger partial charge in [0, 0.05) is 21.5 Å². The molecule has 196 valence electrons. The molecule has 0 atom stereocenters. The lowest BCUT2D eigenvalue weighted by Crippen LogP contribution is -2.06. The number of aryl methyl sites for hydroxylation is 2. The molecule has 0 amide bonds. The number of hydrogen-bond acceptors (Lipinski definition) is 4. The van der Waals surface area contributed by atoms with Gasteiger partial charge in [0.15, 0.2) is 5.82 Å². The van der Waals surface area contributed by atoms with Crippen molar-refractivity contribution in [2.45, 2.75) is 20.5 Å². The summed E-state index contributed by atoms with van der Waals surface area (Å²) in [6, 6.07) is 22.4. The number of nitriles is 1. The van der Waals surface area contributed by atoms with Crippen LogP contribution in [0.15, 0.2) is 69.5 Å². The van der Waals surface area contributed by atoms with E-state index in [0.29, 0.717) is 17.8 Å². The largest absolute Gasteiger partial charge is 0.449 e. The van der Waals surface area contributed by atoms with Gasteiger partial charge >= 0.3 is 0 Å². The average molecular weight is 541 g/mol. The number of fused-ring (bicyclic) bond motifs is 7. The van der Waals surface area contributed by atoms with Gasteiger partial charge in [0.1, 0.15) is 29.5 Å². The number of aromatic nitrogens is 3. The van der Waals surface area contributed by atoms with Gasteiger partial charge in [-0.25, -0.2) is 4.39 Å². The van der Waals surface area contributed by atoms with Gasteiger partial charge in [0.05, 0.1) is 32.8 Å². The molecule has 0 bridgehead atoms. The lowest BCUT2D eigenvalue weighted by atomic mass is 9.99. The third-order valence-corrected chi connectivity index (χ3v) is 8.45. The number of pyridine rings is 1. The molecule has 0 radical (unpaired) electrons. The first-order valence-corrected chi connectivity index (χ1v) is 13.2. The van der Waals surface area contributed by atoms with Crippen molar-refractivity contribution in [3.8, 4) is 6.07 Å². The molecule has 0 fully saturated rings. The molecule has 4 aromatic heterocycles. The van der Waals surface area contributed by atoms with Gasteiger partial charge in [-0.2, -0.15) is 14.6 Å². The van der Waals surface area contributed by atoms with Crippen LogP contribution in [0.25, 0.3) is 76.8 Å². The second-order valence-electron chi connectivity index (χ2n) is 10.7. The van der Waals surface area contributed by atoms with Crippen LogP contribution in [-0.4, -0.2) is 14.1 Å². The first kappa shape index (κ1) is 22.4. The first-order valence-electron chi connectivity index (χ1n) is 13.2. The molecule has 1 aliphatic heterocycles. The maximum Gasteiger partial charge on any atom is 0.267 e. The number of rotatable bonds is 0. The Labute approximate surface area is 229 Å². The fourth-order valence-electron chi connectivity index (χ4n) is 6.79. The van der Waals surface area contributed by atoms with Crippen LogP contribution in [0, 0.1) is 36.9 Å². The molecule has 4 aromatic carbocycles. The van der Waals surface area contributed by atoms with Crippen LogP contribution in [0.2, 0.25) is 0 Å². The SMILES string of the molecule is Cc1cc2c3ccccc3n3c2c2c1oc1nc(F)c(F)c(C#N)c1oc1c(C)cc4c5ccccc5n(c4c12)C3. The summed E-state index contributed by atoms with van der Waals surface area (Å²) in [5.74, 6) is -2.79. The van der Waals surface area contributed by atoms with Gasteiger partial charge in [-0.1, -0.05) is 36.4 Å². The molecule has 8 aromatic rings. The predicted octanol–water partition coefficient (Wildman–Crippen LogP) is 8.65. The van der Waals surface area contributed by atoms with Crippen molar-refractivity contribution in [2.24, 2.45) is 0 Å². The summed E-state index contributed by atoms with van der Waals surface area (Å²) in [6.07, 6.45) is 0. The lowest BCUT2D eigenvalue weighted by Gasteiger charge is -2.10. The topological polar surface area (TPSA) is 72.8 Å². The van der Waals surface area contributed by atoms with E-state index in [1.165, 1.54) is 0 Å². The third kappa shape index (κ3) is 2.61. The standard InChI is InChI=1S/C33H18F2N4O2/c1-15-11-19-17-7-3-5-9-22(17)38-14-39-23-10-6-4-8-18(23)20-12-16(2)30-25(28(20)39)24(27(19)38)29(15)40-31-21(13-36)26(34)32(35)37-33(31)41-30/h3-12H,14H2,1-2H3. The highest BCUT2D eigenvalue weighted by Gasteiger charge is 2.27. The highest BCUT2D eigenvalue weighted by Crippen LogP contribution is 2.46. The summed E-state index contributed by atoms with van der Waals surface area (Å²) >= 11 is 0. The van der Waals surface area contributed by atoms with Gasteiger partial charge < -0.3 is 18.0 Å². The molecule has 0 N–H and O–H groups in total. The summed E-state index contributed by atoms with van der Waals surface area (Å²) < 4.78 is 46.9. The Balaban J connectivity index is 1.74. The minimum absolute atomic E-state index is 0.248. The van der Waals surface area contributed by atoms with Crippen molar-refractivity contribution in [3.63, 3.8) is 0 Å².